The lowest BCUT2D eigenvalue weighted by molar-refractivity contribution is 0.410. The Balaban J connectivity index is 1.58. The molecule has 5 nitrogen and oxygen atoms in total. The minimum Gasteiger partial charge on any atom is -0.355 e. The molecule has 3 heterocycles. The molecule has 4 aliphatic rings. The van der Waals surface area contributed by atoms with Crippen LogP contribution in [0.5, 0.6) is 0 Å². The minimum absolute atomic E-state index is 0.164. The first-order valence-electron chi connectivity index (χ1n) is 10.3. The van der Waals surface area contributed by atoms with Crippen LogP contribution in [0, 0.1) is 5.92 Å². The van der Waals surface area contributed by atoms with Gasteiger partial charge in [-0.1, -0.05) is 18.2 Å². The molecule has 0 aromatic carbocycles. The van der Waals surface area contributed by atoms with Gasteiger partial charge in [-0.15, -0.1) is 6.58 Å². The summed E-state index contributed by atoms with van der Waals surface area (Å²) in [5.74, 6) is 1.34. The van der Waals surface area contributed by atoms with Gasteiger partial charge in [0.15, 0.2) is 0 Å². The third kappa shape index (κ3) is 2.64. The van der Waals surface area contributed by atoms with Crippen molar-refractivity contribution in [3.63, 3.8) is 0 Å². The van der Waals surface area contributed by atoms with E-state index in [0.29, 0.717) is 6.04 Å². The number of hydrogen-bond acceptors (Lipinski definition) is 5. The Hall–Kier alpha value is -2.69. The van der Waals surface area contributed by atoms with E-state index in [1.807, 2.05) is 12.3 Å². The van der Waals surface area contributed by atoms with E-state index in [9.17, 15) is 0 Å². The van der Waals surface area contributed by atoms with Gasteiger partial charge in [0, 0.05) is 24.7 Å². The highest BCUT2D eigenvalue weighted by molar-refractivity contribution is 5.84. The quantitative estimate of drug-likeness (QED) is 0.825. The van der Waals surface area contributed by atoms with E-state index < -0.39 is 0 Å². The Bertz CT molecular complexity index is 939. The number of hydrogen-bond donors (Lipinski definition) is 1. The van der Waals surface area contributed by atoms with Crippen molar-refractivity contribution < 1.29 is 0 Å². The number of fused-ring (bicyclic) bond motifs is 5. The van der Waals surface area contributed by atoms with Crippen molar-refractivity contribution in [1.29, 1.82) is 0 Å². The van der Waals surface area contributed by atoms with Crippen molar-refractivity contribution in [2.75, 3.05) is 7.05 Å². The lowest BCUT2D eigenvalue weighted by Gasteiger charge is -2.31. The van der Waals surface area contributed by atoms with Gasteiger partial charge in [0.1, 0.15) is 6.04 Å². The van der Waals surface area contributed by atoms with Crippen LogP contribution in [0.1, 0.15) is 53.9 Å². The molecule has 1 aromatic rings. The molecule has 5 rings (SSSR count). The number of nitrogens with one attached hydrogen (secondary N) is 1. The van der Waals surface area contributed by atoms with Crippen molar-refractivity contribution in [3.8, 4) is 0 Å². The average Bonchev–Trinajstić information content (AvgIpc) is 3.30. The molecule has 144 valence electrons. The lowest BCUT2D eigenvalue weighted by atomic mass is 9.80. The van der Waals surface area contributed by atoms with E-state index in [4.69, 9.17) is 9.98 Å². The van der Waals surface area contributed by atoms with Crippen LogP contribution in [0.4, 0.5) is 0 Å². The fourth-order valence-corrected chi connectivity index (χ4v) is 4.92. The molecule has 0 amide bonds. The largest absolute Gasteiger partial charge is 0.355 e. The second kappa shape index (κ2) is 6.73. The van der Waals surface area contributed by atoms with Gasteiger partial charge < -0.3 is 10.3 Å². The van der Waals surface area contributed by atoms with Crippen molar-refractivity contribution in [1.82, 2.24) is 15.3 Å². The highest BCUT2D eigenvalue weighted by atomic mass is 15.3. The molecule has 2 aliphatic carbocycles. The number of aromatic nitrogens is 1. The second-order valence-electron chi connectivity index (χ2n) is 8.15. The van der Waals surface area contributed by atoms with Crippen LogP contribution in [-0.4, -0.2) is 41.1 Å². The Kier molecular flexibility index (Phi) is 4.18. The standard InChI is InChI=1S/C23H27N5/c1-4-18-15(13-24-27-18)9-10-19-16-7-5-6-8-17(16)22-20(26-19)11-12-21-23(22)25-14(2)28(21)3/h4,9-13,15,18,21,23,27H,1,5-8H2,2-3H3/b10-9+. The fraction of sp³-hybridized carbons (Fsp3) is 0.435. The zero-order valence-corrected chi connectivity index (χ0v) is 16.6. The topological polar surface area (TPSA) is 52.9 Å². The summed E-state index contributed by atoms with van der Waals surface area (Å²) in [5, 5.41) is 4.19. The second-order valence-corrected chi connectivity index (χ2v) is 8.15. The van der Waals surface area contributed by atoms with E-state index in [1.54, 1.807) is 0 Å². The first-order chi connectivity index (χ1) is 13.7. The van der Waals surface area contributed by atoms with E-state index in [1.165, 1.54) is 29.5 Å². The molecular weight excluding hydrogens is 346 g/mol. The van der Waals surface area contributed by atoms with Gasteiger partial charge in [-0.05, 0) is 55.9 Å². The molecule has 5 heteroatoms. The maximum atomic E-state index is 5.10. The SMILES string of the molecule is C=CC1NN=CC1/C=C/c1nc2c(c3c1CCCC3)C1N=C(C)N(C)C1C=C2. The van der Waals surface area contributed by atoms with E-state index in [2.05, 4.69) is 60.3 Å². The summed E-state index contributed by atoms with van der Waals surface area (Å²) in [6.07, 6.45) is 17.5. The number of aliphatic imine (C=N–C) groups is 1. The van der Waals surface area contributed by atoms with Gasteiger partial charge in [-0.3, -0.25) is 4.99 Å². The van der Waals surface area contributed by atoms with Crippen molar-refractivity contribution >= 4 is 24.2 Å². The van der Waals surface area contributed by atoms with Crippen LogP contribution >= 0.6 is 0 Å². The van der Waals surface area contributed by atoms with Crippen LogP contribution in [0.15, 0.2) is 34.9 Å². The van der Waals surface area contributed by atoms with E-state index >= 15 is 0 Å². The van der Waals surface area contributed by atoms with Gasteiger partial charge >= 0.3 is 0 Å². The summed E-state index contributed by atoms with van der Waals surface area (Å²) in [4.78, 5) is 12.4. The van der Waals surface area contributed by atoms with Crippen LogP contribution in [-0.2, 0) is 12.8 Å². The summed E-state index contributed by atoms with van der Waals surface area (Å²) in [6, 6.07) is 0.686. The molecule has 0 radical (unpaired) electrons. The van der Waals surface area contributed by atoms with Crippen LogP contribution in [0.3, 0.4) is 0 Å². The summed E-state index contributed by atoms with van der Waals surface area (Å²) in [7, 11) is 2.14. The van der Waals surface area contributed by atoms with Gasteiger partial charge in [-0.2, -0.15) is 5.10 Å². The Morgan fingerprint density at radius 2 is 2.07 bits per heavy atom. The average molecular weight is 374 g/mol. The maximum Gasteiger partial charge on any atom is 0.103 e. The van der Waals surface area contributed by atoms with E-state index in [0.717, 1.165) is 30.1 Å². The van der Waals surface area contributed by atoms with Crippen molar-refractivity contribution in [2.45, 2.75) is 50.7 Å². The third-order valence-electron chi connectivity index (χ3n) is 6.59. The predicted octanol–water partition coefficient (Wildman–Crippen LogP) is 3.53. The van der Waals surface area contributed by atoms with Crippen molar-refractivity contribution in [3.05, 3.63) is 52.9 Å². The van der Waals surface area contributed by atoms with Crippen molar-refractivity contribution in [2.24, 2.45) is 16.0 Å². The Morgan fingerprint density at radius 3 is 2.89 bits per heavy atom. The lowest BCUT2D eigenvalue weighted by Crippen LogP contribution is -2.33. The molecule has 2 aliphatic heterocycles. The first kappa shape index (κ1) is 17.4. The van der Waals surface area contributed by atoms with Gasteiger partial charge in [0.05, 0.1) is 29.3 Å². The third-order valence-corrected chi connectivity index (χ3v) is 6.59. The number of pyridine rings is 1. The summed E-state index contributed by atoms with van der Waals surface area (Å²) >= 11 is 0. The highest BCUT2D eigenvalue weighted by Crippen LogP contribution is 2.42. The number of nitrogens with zero attached hydrogens (tertiary/aromatic N) is 4. The zero-order chi connectivity index (χ0) is 19.3. The summed E-state index contributed by atoms with van der Waals surface area (Å²) in [5.41, 5.74) is 9.61. The highest BCUT2D eigenvalue weighted by Gasteiger charge is 2.38. The predicted molar refractivity (Wildman–Crippen MR) is 115 cm³/mol. The monoisotopic (exact) mass is 373 g/mol. The minimum atomic E-state index is 0.164. The van der Waals surface area contributed by atoms with Crippen LogP contribution in [0.25, 0.3) is 12.2 Å². The van der Waals surface area contributed by atoms with E-state index in [-0.39, 0.29) is 18.0 Å². The number of rotatable bonds is 3. The molecule has 1 aromatic heterocycles. The number of likely N-dealkylation sites (N-methyl/N-ethyl adjacent to an activating group) is 1. The fourth-order valence-electron chi connectivity index (χ4n) is 4.92. The van der Waals surface area contributed by atoms with Crippen LogP contribution < -0.4 is 5.43 Å². The first-order valence-corrected chi connectivity index (χ1v) is 10.3. The Labute approximate surface area is 166 Å². The summed E-state index contributed by atoms with van der Waals surface area (Å²) in [6.45, 7) is 6.01. The summed E-state index contributed by atoms with van der Waals surface area (Å²) < 4.78 is 0. The molecule has 4 unspecified atom stereocenters. The molecule has 0 saturated heterocycles. The van der Waals surface area contributed by atoms with Gasteiger partial charge in [0.2, 0.25) is 0 Å². The molecule has 0 fully saturated rings. The number of amidine groups is 1. The molecule has 0 saturated carbocycles. The van der Waals surface area contributed by atoms with Gasteiger partial charge in [-0.25, -0.2) is 4.98 Å². The molecule has 1 N–H and O–H groups in total. The molecule has 0 spiro atoms. The maximum absolute atomic E-state index is 5.10. The number of hydrazone groups is 1. The molecule has 28 heavy (non-hydrogen) atoms. The molecule has 4 atom stereocenters. The van der Waals surface area contributed by atoms with Crippen LogP contribution in [0.2, 0.25) is 0 Å². The smallest absolute Gasteiger partial charge is 0.103 e. The normalized spacial score (nSPS) is 30.1. The Morgan fingerprint density at radius 1 is 1.25 bits per heavy atom. The molecule has 0 bridgehead atoms. The van der Waals surface area contributed by atoms with Gasteiger partial charge in [0.25, 0.3) is 0 Å². The zero-order valence-electron chi connectivity index (χ0n) is 16.6. The molecular formula is C23H27N5.